The Labute approximate surface area is 119 Å². The maximum absolute atomic E-state index is 9.27. The Hall–Kier alpha value is -1.34. The molecule has 0 N–H and O–H groups in total. The molecule has 0 fully saturated rings. The summed E-state index contributed by atoms with van der Waals surface area (Å²) in [6.07, 6.45) is 0. The molecule has 2 aromatic rings. The lowest BCUT2D eigenvalue weighted by Gasteiger charge is -2.11. The van der Waals surface area contributed by atoms with E-state index in [4.69, 9.17) is 34.8 Å². The Morgan fingerprint density at radius 1 is 1.06 bits per heavy atom. The molecule has 1 atom stereocenters. The van der Waals surface area contributed by atoms with Crippen molar-refractivity contribution in [2.45, 2.75) is 5.92 Å². The van der Waals surface area contributed by atoms with Crippen molar-refractivity contribution in [3.8, 4) is 6.07 Å². The zero-order valence-electron chi connectivity index (χ0n) is 8.94. The Balaban J connectivity index is 2.49. The first-order chi connectivity index (χ1) is 8.63. The number of benzene rings is 1. The number of nitriles is 1. The molecule has 0 aliphatic rings. The molecule has 1 unspecified atom stereocenters. The van der Waals surface area contributed by atoms with Crippen LogP contribution in [0.15, 0.2) is 30.3 Å². The van der Waals surface area contributed by atoms with Crippen molar-refractivity contribution >= 4 is 34.8 Å². The van der Waals surface area contributed by atoms with Crippen molar-refractivity contribution in [3.63, 3.8) is 0 Å². The first kappa shape index (κ1) is 13.1. The van der Waals surface area contributed by atoms with Gasteiger partial charge in [0.2, 0.25) is 0 Å². The van der Waals surface area contributed by atoms with Crippen LogP contribution >= 0.6 is 34.8 Å². The van der Waals surface area contributed by atoms with Gasteiger partial charge in [-0.3, -0.25) is 0 Å². The van der Waals surface area contributed by atoms with Crippen molar-refractivity contribution in [2.24, 2.45) is 0 Å². The van der Waals surface area contributed by atoms with Gasteiger partial charge in [0.1, 0.15) is 5.92 Å². The topological polar surface area (TPSA) is 49.6 Å². The fraction of sp³-hybridized carbons (Fsp3) is 0.0833. The van der Waals surface area contributed by atoms with Crippen LogP contribution in [0.25, 0.3) is 0 Å². The second kappa shape index (κ2) is 5.53. The monoisotopic (exact) mass is 297 g/mol. The molecular formula is C12H6Cl3N3. The van der Waals surface area contributed by atoms with E-state index in [0.29, 0.717) is 21.3 Å². The van der Waals surface area contributed by atoms with E-state index >= 15 is 0 Å². The van der Waals surface area contributed by atoms with Gasteiger partial charge in [-0.1, -0.05) is 46.9 Å². The summed E-state index contributed by atoms with van der Waals surface area (Å²) >= 11 is 17.7. The third-order valence-corrected chi connectivity index (χ3v) is 3.41. The van der Waals surface area contributed by atoms with Crippen LogP contribution in [0.3, 0.4) is 0 Å². The standard InChI is InChI=1S/C12H6Cl3N3/c13-9-3-1-2-7(12(9)15)8(6-16)10-4-5-11(14)18-17-10/h1-5,8H. The van der Waals surface area contributed by atoms with Gasteiger partial charge in [-0.25, -0.2) is 0 Å². The summed E-state index contributed by atoms with van der Waals surface area (Å²) in [6.45, 7) is 0. The summed E-state index contributed by atoms with van der Waals surface area (Å²) in [5.41, 5.74) is 1.08. The van der Waals surface area contributed by atoms with Crippen molar-refractivity contribution in [1.29, 1.82) is 5.26 Å². The summed E-state index contributed by atoms with van der Waals surface area (Å²) in [5.74, 6) is -0.624. The maximum atomic E-state index is 9.27. The van der Waals surface area contributed by atoms with Gasteiger partial charge in [-0.15, -0.1) is 5.10 Å². The van der Waals surface area contributed by atoms with Gasteiger partial charge in [-0.2, -0.15) is 10.4 Å². The van der Waals surface area contributed by atoms with Crippen molar-refractivity contribution < 1.29 is 0 Å². The molecule has 0 aliphatic carbocycles. The average Bonchev–Trinajstić information content (AvgIpc) is 2.37. The Bertz CT molecular complexity index is 605. The van der Waals surface area contributed by atoms with E-state index in [1.807, 2.05) is 0 Å². The molecule has 0 aliphatic heterocycles. The third kappa shape index (κ3) is 2.56. The summed E-state index contributed by atoms with van der Waals surface area (Å²) in [5, 5.41) is 17.9. The predicted molar refractivity (Wildman–Crippen MR) is 71.0 cm³/mol. The normalized spacial score (nSPS) is 11.9. The molecule has 1 aromatic carbocycles. The second-order valence-corrected chi connectivity index (χ2v) is 4.66. The summed E-state index contributed by atoms with van der Waals surface area (Å²) < 4.78 is 0. The van der Waals surface area contributed by atoms with Crippen LogP contribution in [0.4, 0.5) is 0 Å². The molecule has 1 heterocycles. The Morgan fingerprint density at radius 3 is 2.44 bits per heavy atom. The second-order valence-electron chi connectivity index (χ2n) is 3.49. The van der Waals surface area contributed by atoms with E-state index in [1.54, 1.807) is 30.3 Å². The van der Waals surface area contributed by atoms with Crippen LogP contribution in [0.5, 0.6) is 0 Å². The zero-order chi connectivity index (χ0) is 13.1. The third-order valence-electron chi connectivity index (χ3n) is 2.37. The predicted octanol–water partition coefficient (Wildman–Crippen LogP) is 4.09. The average molecular weight is 299 g/mol. The Morgan fingerprint density at radius 2 is 1.83 bits per heavy atom. The van der Waals surface area contributed by atoms with Gasteiger partial charge in [0.15, 0.2) is 5.15 Å². The number of aromatic nitrogens is 2. The smallest absolute Gasteiger partial charge is 0.151 e. The quantitative estimate of drug-likeness (QED) is 0.839. The van der Waals surface area contributed by atoms with Crippen molar-refractivity contribution in [2.75, 3.05) is 0 Å². The van der Waals surface area contributed by atoms with Crippen LogP contribution in [0.1, 0.15) is 17.2 Å². The lowest BCUT2D eigenvalue weighted by atomic mass is 9.97. The number of hydrogen-bond acceptors (Lipinski definition) is 3. The summed E-state index contributed by atoms with van der Waals surface area (Å²) in [7, 11) is 0. The molecule has 6 heteroatoms. The molecule has 0 saturated heterocycles. The summed E-state index contributed by atoms with van der Waals surface area (Å²) in [6, 6.07) is 10.5. The SMILES string of the molecule is N#CC(c1ccc(Cl)nn1)c1cccc(Cl)c1Cl. The van der Waals surface area contributed by atoms with E-state index in [2.05, 4.69) is 16.3 Å². The number of rotatable bonds is 2. The molecule has 0 amide bonds. The molecular weight excluding hydrogens is 293 g/mol. The van der Waals surface area contributed by atoms with Gasteiger partial charge >= 0.3 is 0 Å². The van der Waals surface area contributed by atoms with Crippen LogP contribution in [0.2, 0.25) is 15.2 Å². The number of nitrogens with zero attached hydrogens (tertiary/aromatic N) is 3. The highest BCUT2D eigenvalue weighted by atomic mass is 35.5. The van der Waals surface area contributed by atoms with Crippen molar-refractivity contribution in [3.05, 3.63) is 56.8 Å². The molecule has 2 rings (SSSR count). The first-order valence-electron chi connectivity index (χ1n) is 4.96. The molecule has 0 saturated carbocycles. The number of halogens is 3. The minimum atomic E-state index is -0.624. The van der Waals surface area contributed by atoms with E-state index in [1.165, 1.54) is 0 Å². The highest BCUT2D eigenvalue weighted by Gasteiger charge is 2.19. The lowest BCUT2D eigenvalue weighted by Crippen LogP contribution is -2.03. The van der Waals surface area contributed by atoms with E-state index in [9.17, 15) is 5.26 Å². The highest BCUT2D eigenvalue weighted by Crippen LogP contribution is 2.33. The van der Waals surface area contributed by atoms with Gasteiger partial charge in [0, 0.05) is 0 Å². The Kier molecular flexibility index (Phi) is 4.03. The first-order valence-corrected chi connectivity index (χ1v) is 6.09. The fourth-order valence-corrected chi connectivity index (χ4v) is 2.04. The molecule has 18 heavy (non-hydrogen) atoms. The lowest BCUT2D eigenvalue weighted by molar-refractivity contribution is 0.885. The van der Waals surface area contributed by atoms with E-state index in [-0.39, 0.29) is 5.15 Å². The largest absolute Gasteiger partial charge is 0.197 e. The minimum absolute atomic E-state index is 0.271. The van der Waals surface area contributed by atoms with Crippen LogP contribution in [-0.4, -0.2) is 10.2 Å². The number of hydrogen-bond donors (Lipinski definition) is 0. The maximum Gasteiger partial charge on any atom is 0.151 e. The van der Waals surface area contributed by atoms with Gasteiger partial charge in [0.05, 0.1) is 21.8 Å². The fourth-order valence-electron chi connectivity index (χ4n) is 1.52. The zero-order valence-corrected chi connectivity index (χ0v) is 11.2. The van der Waals surface area contributed by atoms with Crippen LogP contribution < -0.4 is 0 Å². The minimum Gasteiger partial charge on any atom is -0.197 e. The molecule has 90 valence electrons. The van der Waals surface area contributed by atoms with Crippen LogP contribution in [0, 0.1) is 11.3 Å². The van der Waals surface area contributed by atoms with E-state index < -0.39 is 5.92 Å². The van der Waals surface area contributed by atoms with Crippen LogP contribution in [-0.2, 0) is 0 Å². The van der Waals surface area contributed by atoms with Gasteiger partial charge < -0.3 is 0 Å². The van der Waals surface area contributed by atoms with E-state index in [0.717, 1.165) is 0 Å². The van der Waals surface area contributed by atoms with Gasteiger partial charge in [-0.05, 0) is 23.8 Å². The molecule has 0 radical (unpaired) electrons. The van der Waals surface area contributed by atoms with Gasteiger partial charge in [0.25, 0.3) is 0 Å². The molecule has 0 bridgehead atoms. The van der Waals surface area contributed by atoms with Crippen molar-refractivity contribution in [1.82, 2.24) is 10.2 Å². The highest BCUT2D eigenvalue weighted by molar-refractivity contribution is 6.42. The summed E-state index contributed by atoms with van der Waals surface area (Å²) in [4.78, 5) is 0. The molecule has 3 nitrogen and oxygen atoms in total. The molecule has 1 aromatic heterocycles. The molecule has 0 spiro atoms.